The molecule has 0 radical (unpaired) electrons. The van der Waals surface area contributed by atoms with Gasteiger partial charge in [-0.05, 0) is 104 Å². The number of imidazole rings is 2. The number of rotatable bonds is 5. The second-order valence-corrected chi connectivity index (χ2v) is 17.9. The van der Waals surface area contributed by atoms with Crippen molar-refractivity contribution < 1.29 is 0 Å². The van der Waals surface area contributed by atoms with E-state index in [-0.39, 0.29) is 11.1 Å². The molecule has 4 aromatic heterocycles. The van der Waals surface area contributed by atoms with Crippen LogP contribution < -0.4 is 11.1 Å². The van der Waals surface area contributed by atoms with Crippen molar-refractivity contribution in [3.8, 4) is 55.6 Å². The molecule has 0 saturated carbocycles. The first-order valence-corrected chi connectivity index (χ1v) is 23.6. The fourth-order valence-corrected chi connectivity index (χ4v) is 10.6. The molecule has 0 amide bonds. The first-order chi connectivity index (χ1) is 34.0. The molecule has 0 atom stereocenters. The average molecular weight is 887 g/mol. The number of aromatic nitrogens is 4. The highest BCUT2D eigenvalue weighted by atomic mass is 16.1. The second-order valence-electron chi connectivity index (χ2n) is 17.9. The third kappa shape index (κ3) is 6.12. The fourth-order valence-electron chi connectivity index (χ4n) is 10.6. The highest BCUT2D eigenvalue weighted by Crippen LogP contribution is 2.43. The molecule has 0 fully saturated rings. The van der Waals surface area contributed by atoms with Gasteiger partial charge in [0, 0.05) is 43.4 Å². The van der Waals surface area contributed by atoms with Gasteiger partial charge in [0.1, 0.15) is 11.3 Å². The Bertz CT molecular complexity index is 4150. The lowest BCUT2D eigenvalue weighted by Crippen LogP contribution is -2.13. The smallest absolute Gasteiger partial charge is 0.264 e. The molecule has 6 heteroatoms. The molecule has 0 aliphatic rings. The van der Waals surface area contributed by atoms with Crippen LogP contribution in [0.25, 0.3) is 132 Å². The lowest BCUT2D eigenvalue weighted by atomic mass is 9.90. The minimum atomic E-state index is -0.112. The lowest BCUT2D eigenvalue weighted by molar-refractivity contribution is 1.09. The Morgan fingerprint density at radius 1 is 0.333 bits per heavy atom. The van der Waals surface area contributed by atoms with Gasteiger partial charge in [-0.2, -0.15) is 0 Å². The van der Waals surface area contributed by atoms with Gasteiger partial charge in [-0.3, -0.25) is 18.4 Å². The molecular weight excluding hydrogens is 845 g/mol. The zero-order valence-electron chi connectivity index (χ0n) is 37.9. The lowest BCUT2D eigenvalue weighted by Gasteiger charge is -2.15. The van der Waals surface area contributed by atoms with E-state index in [1.165, 1.54) is 6.42 Å². The zero-order chi connectivity index (χ0) is 46.3. The highest BCUT2D eigenvalue weighted by molar-refractivity contribution is 6.24. The summed E-state index contributed by atoms with van der Waals surface area (Å²) in [5.41, 5.74) is 14.2. The summed E-state index contributed by atoms with van der Waals surface area (Å²) in [5.74, 6) is 0. The van der Waals surface area contributed by atoms with Gasteiger partial charge < -0.3 is 0 Å². The molecule has 0 saturated heterocycles. The zero-order valence-corrected chi connectivity index (χ0v) is 37.9. The van der Waals surface area contributed by atoms with E-state index in [1.807, 2.05) is 97.1 Å². The van der Waals surface area contributed by atoms with Crippen LogP contribution in [0.1, 0.15) is 20.3 Å². The number of pyridine rings is 2. The Labute approximate surface area is 396 Å². The minimum absolute atomic E-state index is 0.112. The average Bonchev–Trinajstić information content (AvgIpc) is 4.00. The molecule has 0 aliphatic heterocycles. The molecule has 0 bridgehead atoms. The monoisotopic (exact) mass is 886 g/mol. The summed E-state index contributed by atoms with van der Waals surface area (Å²) in [5, 5.41) is 6.67. The fraction of sp³-hybridized carbons (Fsp3) is 0.0476. The van der Waals surface area contributed by atoms with E-state index >= 15 is 0 Å². The molecule has 14 aromatic rings. The van der Waals surface area contributed by atoms with Gasteiger partial charge in [0.15, 0.2) is 0 Å². The van der Waals surface area contributed by atoms with Gasteiger partial charge in [0.2, 0.25) is 0 Å². The van der Waals surface area contributed by atoms with Gasteiger partial charge in [-0.1, -0.05) is 178 Å². The topological polar surface area (TPSA) is 68.7 Å². The Kier molecular flexibility index (Phi) is 9.24. The van der Waals surface area contributed by atoms with Crippen molar-refractivity contribution in [3.63, 3.8) is 0 Å². The maximum atomic E-state index is 15.0. The van der Waals surface area contributed by atoms with Gasteiger partial charge in [0.25, 0.3) is 11.1 Å². The third-order valence-corrected chi connectivity index (χ3v) is 13.6. The molecule has 6 nitrogen and oxygen atoms in total. The van der Waals surface area contributed by atoms with E-state index in [4.69, 9.17) is 9.97 Å². The van der Waals surface area contributed by atoms with Crippen molar-refractivity contribution in [2.75, 3.05) is 0 Å². The Balaban J connectivity index is 0.00000153. The molecular formula is C63H42N4O2. The summed E-state index contributed by atoms with van der Waals surface area (Å²) in [6, 6.07) is 70.2. The summed E-state index contributed by atoms with van der Waals surface area (Å²) in [6.45, 7) is 4.25. The van der Waals surface area contributed by atoms with E-state index in [0.717, 1.165) is 110 Å². The Morgan fingerprint density at radius 2 is 0.681 bits per heavy atom. The predicted octanol–water partition coefficient (Wildman–Crippen LogP) is 15.2. The van der Waals surface area contributed by atoms with E-state index in [0.29, 0.717) is 22.1 Å². The number of hydrogen-bond donors (Lipinski definition) is 0. The number of fused-ring (bicyclic) bond motifs is 8. The molecule has 0 N–H and O–H groups in total. The van der Waals surface area contributed by atoms with E-state index < -0.39 is 0 Å². The first kappa shape index (κ1) is 40.3. The number of nitrogens with zero attached hydrogens (tertiary/aromatic N) is 4. The van der Waals surface area contributed by atoms with Crippen molar-refractivity contribution in [1.82, 2.24) is 18.8 Å². The molecule has 0 aliphatic carbocycles. The van der Waals surface area contributed by atoms with Gasteiger partial charge in [0.05, 0.1) is 22.1 Å². The van der Waals surface area contributed by atoms with Crippen LogP contribution in [0.5, 0.6) is 0 Å². The standard InChI is InChI=1S/C60H34N4O2.C3H8/c65-59-47-25-13-23-43-41(27-29-45(53(43)47)57-61-55-49(37-19-9-3-10-20-37)31-39(33-51(55)63(57)59)35-15-5-1-6-16-35)42-28-30-46-54-44(42)24-14-26-48(54)60(66)64-52-34-40(36-17-7-2-8-18-36)32-50(56(52)62-58(46)64)38-21-11-4-12-22-38;1-3-2/h1-34H;3H2,1-2H3. The van der Waals surface area contributed by atoms with Crippen LogP contribution in [0, 0.1) is 0 Å². The molecule has 0 spiro atoms. The Hall–Kier alpha value is -9.00. The third-order valence-electron chi connectivity index (χ3n) is 13.6. The molecule has 4 heterocycles. The second kappa shape index (κ2) is 15.8. The molecule has 69 heavy (non-hydrogen) atoms. The van der Waals surface area contributed by atoms with E-state index in [2.05, 4.69) is 123 Å². The van der Waals surface area contributed by atoms with Gasteiger partial charge in [-0.15, -0.1) is 0 Å². The first-order valence-electron chi connectivity index (χ1n) is 23.6. The van der Waals surface area contributed by atoms with E-state index in [1.54, 1.807) is 8.80 Å². The van der Waals surface area contributed by atoms with Gasteiger partial charge in [-0.25, -0.2) is 9.97 Å². The van der Waals surface area contributed by atoms with E-state index in [9.17, 15) is 9.59 Å². The van der Waals surface area contributed by atoms with Crippen molar-refractivity contribution in [2.45, 2.75) is 20.3 Å². The number of hydrogen-bond acceptors (Lipinski definition) is 4. The summed E-state index contributed by atoms with van der Waals surface area (Å²) in [6.07, 6.45) is 1.25. The number of benzene rings is 10. The van der Waals surface area contributed by atoms with Crippen LogP contribution in [0.15, 0.2) is 216 Å². The van der Waals surface area contributed by atoms with Crippen molar-refractivity contribution in [3.05, 3.63) is 227 Å². The SMILES string of the molecule is CCC.O=c1c2cccc3c(-c4ccc5c6c4cccc6c(=O)n4c6cc(-c7ccccc7)cc(-c7ccccc7)c6nc54)ccc(c32)c2nc3c(-c4ccccc4)cc(-c4ccccc4)cc3n12. The van der Waals surface area contributed by atoms with Crippen LogP contribution in [-0.2, 0) is 0 Å². The summed E-state index contributed by atoms with van der Waals surface area (Å²) >= 11 is 0. The van der Waals surface area contributed by atoms with Gasteiger partial charge >= 0.3 is 0 Å². The van der Waals surface area contributed by atoms with Crippen LogP contribution >= 0.6 is 0 Å². The van der Waals surface area contributed by atoms with Crippen LogP contribution in [0.3, 0.4) is 0 Å². The van der Waals surface area contributed by atoms with Crippen molar-refractivity contribution >= 4 is 76.5 Å². The molecule has 14 rings (SSSR count). The van der Waals surface area contributed by atoms with Crippen LogP contribution in [0.4, 0.5) is 0 Å². The molecule has 10 aromatic carbocycles. The largest absolute Gasteiger partial charge is 0.268 e. The minimum Gasteiger partial charge on any atom is -0.268 e. The summed E-state index contributed by atoms with van der Waals surface area (Å²) < 4.78 is 3.61. The van der Waals surface area contributed by atoms with Crippen molar-refractivity contribution in [1.29, 1.82) is 0 Å². The normalized spacial score (nSPS) is 11.8. The molecule has 0 unspecified atom stereocenters. The highest BCUT2D eigenvalue weighted by Gasteiger charge is 2.24. The van der Waals surface area contributed by atoms with Crippen LogP contribution in [0.2, 0.25) is 0 Å². The predicted molar refractivity (Wildman–Crippen MR) is 287 cm³/mol. The van der Waals surface area contributed by atoms with Crippen LogP contribution in [-0.4, -0.2) is 18.8 Å². The quantitative estimate of drug-likeness (QED) is 0.173. The Morgan fingerprint density at radius 3 is 1.06 bits per heavy atom. The maximum Gasteiger partial charge on any atom is 0.264 e. The maximum absolute atomic E-state index is 15.0. The molecule has 326 valence electrons. The summed E-state index contributed by atoms with van der Waals surface area (Å²) in [7, 11) is 0. The van der Waals surface area contributed by atoms with Crippen molar-refractivity contribution in [2.24, 2.45) is 0 Å². The summed E-state index contributed by atoms with van der Waals surface area (Å²) in [4.78, 5) is 40.6.